The SMILES string of the molecule is COc1ccc(-c2cnc3c(Nc4ccc(C(=O)N5CCC(C(=O)NC6(C(N)=O)CNC6)CC5)c(C)c4)nccn23)cc1F. The van der Waals surface area contributed by atoms with Crippen LogP contribution in [0.3, 0.4) is 0 Å². The second-order valence-corrected chi connectivity index (χ2v) is 11.2. The van der Waals surface area contributed by atoms with Crippen molar-refractivity contribution in [1.29, 1.82) is 0 Å². The fourth-order valence-electron chi connectivity index (χ4n) is 5.72. The van der Waals surface area contributed by atoms with Gasteiger partial charge in [-0.25, -0.2) is 14.4 Å². The Balaban J connectivity index is 1.12. The van der Waals surface area contributed by atoms with Gasteiger partial charge < -0.3 is 31.3 Å². The van der Waals surface area contributed by atoms with E-state index < -0.39 is 17.3 Å². The first kappa shape index (κ1) is 29.1. The molecule has 2 fully saturated rings. The lowest BCUT2D eigenvalue weighted by atomic mass is 9.88. The van der Waals surface area contributed by atoms with Crippen molar-refractivity contribution in [2.45, 2.75) is 25.3 Å². The van der Waals surface area contributed by atoms with Crippen molar-refractivity contribution in [2.75, 3.05) is 38.6 Å². The van der Waals surface area contributed by atoms with E-state index >= 15 is 0 Å². The summed E-state index contributed by atoms with van der Waals surface area (Å²) in [4.78, 5) is 48.7. The summed E-state index contributed by atoms with van der Waals surface area (Å²) in [5.74, 6) is -0.932. The quantitative estimate of drug-likeness (QED) is 0.240. The molecule has 228 valence electrons. The zero-order chi connectivity index (χ0) is 31.0. The fraction of sp³-hybridized carbons (Fsp3) is 0.323. The number of primary amides is 1. The lowest BCUT2D eigenvalue weighted by Crippen LogP contribution is -2.75. The van der Waals surface area contributed by atoms with E-state index in [2.05, 4.69) is 25.9 Å². The average molecular weight is 601 g/mol. The summed E-state index contributed by atoms with van der Waals surface area (Å²) in [6.45, 7) is 3.40. The monoisotopic (exact) mass is 600 g/mol. The molecule has 2 saturated heterocycles. The van der Waals surface area contributed by atoms with Crippen LogP contribution < -0.4 is 26.4 Å². The van der Waals surface area contributed by atoms with Gasteiger partial charge in [-0.2, -0.15) is 0 Å². The van der Waals surface area contributed by atoms with E-state index in [1.54, 1.807) is 41.7 Å². The number of anilines is 2. The molecule has 0 bridgehead atoms. The first-order valence-corrected chi connectivity index (χ1v) is 14.3. The van der Waals surface area contributed by atoms with Crippen molar-refractivity contribution >= 4 is 34.9 Å². The number of nitrogens with two attached hydrogens (primary N) is 1. The highest BCUT2D eigenvalue weighted by molar-refractivity contribution is 5.97. The zero-order valence-corrected chi connectivity index (χ0v) is 24.4. The normalized spacial score (nSPS) is 16.3. The fourth-order valence-corrected chi connectivity index (χ4v) is 5.72. The maximum atomic E-state index is 14.4. The highest BCUT2D eigenvalue weighted by atomic mass is 19.1. The predicted octanol–water partition coefficient (Wildman–Crippen LogP) is 2.39. The van der Waals surface area contributed by atoms with Gasteiger partial charge in [0.2, 0.25) is 11.8 Å². The lowest BCUT2D eigenvalue weighted by molar-refractivity contribution is -0.136. The molecule has 0 saturated carbocycles. The Labute approximate surface area is 252 Å². The maximum Gasteiger partial charge on any atom is 0.254 e. The van der Waals surface area contributed by atoms with E-state index in [1.165, 1.54) is 13.2 Å². The van der Waals surface area contributed by atoms with E-state index in [-0.39, 0.29) is 23.5 Å². The number of hydrogen-bond donors (Lipinski definition) is 4. The van der Waals surface area contributed by atoms with Gasteiger partial charge in [0.15, 0.2) is 23.0 Å². The standard InChI is InChI=1S/C31H33FN8O4/c1-18-13-21(37-26-27-36-15-24(40(27)12-9-35-26)20-3-6-25(44-2)23(32)14-20)4-5-22(18)29(42)39-10-7-19(8-11-39)28(41)38-31(30(33)43)16-34-17-31/h3-6,9,12-15,19,34H,7-8,10-11,16-17H2,1-2H3,(H2,33,43)(H,35,37)(H,38,41). The van der Waals surface area contributed by atoms with Crippen LogP contribution >= 0.6 is 0 Å². The van der Waals surface area contributed by atoms with E-state index in [0.29, 0.717) is 67.3 Å². The molecule has 2 aromatic heterocycles. The Hall–Kier alpha value is -5.04. The number of carbonyl (C=O) groups is 3. The van der Waals surface area contributed by atoms with Crippen molar-refractivity contribution in [1.82, 2.24) is 29.9 Å². The van der Waals surface area contributed by atoms with Gasteiger partial charge in [-0.1, -0.05) is 0 Å². The molecule has 13 heteroatoms. The number of hydrogen-bond acceptors (Lipinski definition) is 8. The van der Waals surface area contributed by atoms with Crippen LogP contribution in [0.15, 0.2) is 55.0 Å². The summed E-state index contributed by atoms with van der Waals surface area (Å²) in [5.41, 5.74) is 8.44. The summed E-state index contributed by atoms with van der Waals surface area (Å²) >= 11 is 0. The van der Waals surface area contributed by atoms with Crippen LogP contribution in [0.2, 0.25) is 0 Å². The minimum Gasteiger partial charge on any atom is -0.494 e. The molecule has 2 aliphatic heterocycles. The van der Waals surface area contributed by atoms with Crippen molar-refractivity contribution in [3.8, 4) is 17.0 Å². The van der Waals surface area contributed by atoms with Crippen LogP contribution in [0.1, 0.15) is 28.8 Å². The molecular weight excluding hydrogens is 567 g/mol. The van der Waals surface area contributed by atoms with E-state index in [0.717, 1.165) is 11.3 Å². The second-order valence-electron chi connectivity index (χ2n) is 11.2. The summed E-state index contributed by atoms with van der Waals surface area (Å²) in [5, 5.41) is 9.09. The molecule has 6 rings (SSSR count). The molecule has 4 heterocycles. The number of carbonyl (C=O) groups excluding carboxylic acids is 3. The van der Waals surface area contributed by atoms with Gasteiger partial charge in [0.25, 0.3) is 5.91 Å². The number of imidazole rings is 1. The lowest BCUT2D eigenvalue weighted by Gasteiger charge is -2.41. The Bertz CT molecular complexity index is 1760. The smallest absolute Gasteiger partial charge is 0.254 e. The van der Waals surface area contributed by atoms with Gasteiger partial charge in [-0.3, -0.25) is 18.8 Å². The van der Waals surface area contributed by atoms with Crippen LogP contribution in [0.4, 0.5) is 15.9 Å². The molecule has 12 nitrogen and oxygen atoms in total. The molecule has 0 unspecified atom stereocenters. The van der Waals surface area contributed by atoms with E-state index in [4.69, 9.17) is 10.5 Å². The van der Waals surface area contributed by atoms with Crippen molar-refractivity contribution < 1.29 is 23.5 Å². The number of amides is 3. The second kappa shape index (κ2) is 11.6. The number of piperidine rings is 1. The summed E-state index contributed by atoms with van der Waals surface area (Å²) in [7, 11) is 1.42. The molecule has 2 aliphatic rings. The van der Waals surface area contributed by atoms with Crippen LogP contribution in [-0.2, 0) is 9.59 Å². The first-order chi connectivity index (χ1) is 21.2. The number of methoxy groups -OCH3 is 1. The van der Waals surface area contributed by atoms with Crippen molar-refractivity contribution in [3.05, 3.63) is 71.9 Å². The Kier molecular flexibility index (Phi) is 7.64. The van der Waals surface area contributed by atoms with Crippen molar-refractivity contribution in [3.63, 3.8) is 0 Å². The van der Waals surface area contributed by atoms with Crippen molar-refractivity contribution in [2.24, 2.45) is 11.7 Å². The minimum absolute atomic E-state index is 0.102. The number of aryl methyl sites for hydroxylation is 1. The number of aromatic nitrogens is 3. The highest BCUT2D eigenvalue weighted by Crippen LogP contribution is 2.29. The Morgan fingerprint density at radius 2 is 1.89 bits per heavy atom. The molecule has 5 N–H and O–H groups in total. The maximum absolute atomic E-state index is 14.4. The Morgan fingerprint density at radius 1 is 1.11 bits per heavy atom. The third-order valence-corrected chi connectivity index (χ3v) is 8.44. The molecule has 0 spiro atoms. The zero-order valence-electron chi connectivity index (χ0n) is 24.4. The topological polar surface area (TPSA) is 156 Å². The van der Waals surface area contributed by atoms with Gasteiger partial charge in [-0.05, 0) is 61.7 Å². The van der Waals surface area contributed by atoms with Gasteiger partial charge in [0.05, 0.1) is 19.0 Å². The van der Waals surface area contributed by atoms with E-state index in [9.17, 15) is 18.8 Å². The first-order valence-electron chi connectivity index (χ1n) is 14.3. The summed E-state index contributed by atoms with van der Waals surface area (Å²) in [6, 6.07) is 10.2. The number of rotatable bonds is 8. The predicted molar refractivity (Wildman–Crippen MR) is 161 cm³/mol. The van der Waals surface area contributed by atoms with Crippen LogP contribution in [0.25, 0.3) is 16.9 Å². The number of fused-ring (bicyclic) bond motifs is 1. The number of halogens is 1. The molecule has 3 amide bonds. The molecule has 44 heavy (non-hydrogen) atoms. The van der Waals surface area contributed by atoms with Crippen LogP contribution in [-0.4, -0.2) is 75.8 Å². The molecule has 2 aromatic carbocycles. The highest BCUT2D eigenvalue weighted by Gasteiger charge is 2.45. The van der Waals surface area contributed by atoms with Crippen LogP contribution in [0, 0.1) is 18.7 Å². The van der Waals surface area contributed by atoms with Gasteiger partial charge in [0, 0.05) is 61.3 Å². The van der Waals surface area contributed by atoms with Gasteiger partial charge in [0.1, 0.15) is 5.54 Å². The largest absolute Gasteiger partial charge is 0.494 e. The van der Waals surface area contributed by atoms with Gasteiger partial charge >= 0.3 is 0 Å². The minimum atomic E-state index is -1.02. The average Bonchev–Trinajstić information content (AvgIpc) is 3.44. The Morgan fingerprint density at radius 3 is 2.52 bits per heavy atom. The number of nitrogens with one attached hydrogen (secondary N) is 3. The number of benzene rings is 2. The number of ether oxygens (including phenoxy) is 1. The molecule has 4 aromatic rings. The number of nitrogens with zero attached hydrogens (tertiary/aromatic N) is 4. The third-order valence-electron chi connectivity index (χ3n) is 8.44. The van der Waals surface area contributed by atoms with Gasteiger partial charge in [-0.15, -0.1) is 0 Å². The number of likely N-dealkylation sites (tertiary alicyclic amines) is 1. The summed E-state index contributed by atoms with van der Waals surface area (Å²) < 4.78 is 21.2. The third kappa shape index (κ3) is 5.30. The van der Waals surface area contributed by atoms with Crippen LogP contribution in [0.5, 0.6) is 5.75 Å². The van der Waals surface area contributed by atoms with E-state index in [1.807, 2.05) is 23.5 Å². The molecule has 0 aliphatic carbocycles. The molecule has 0 radical (unpaired) electrons. The molecular formula is C31H33FN8O4. The molecule has 0 atom stereocenters. The summed E-state index contributed by atoms with van der Waals surface area (Å²) in [6.07, 6.45) is 6.05.